The quantitative estimate of drug-likeness (QED) is 0.109. The first-order valence-electron chi connectivity index (χ1n) is 8.52. The molecule has 1 saturated heterocycles. The molecule has 1 aliphatic rings. The number of benzene rings is 2. The number of thiol groups is 1. The Hall–Kier alpha value is -0.930. The molecule has 1 aliphatic heterocycles. The molecule has 1 fully saturated rings. The Morgan fingerprint density at radius 2 is 1.63 bits per heavy atom. The summed E-state index contributed by atoms with van der Waals surface area (Å²) in [5.74, 6) is -5.71. The first-order valence-corrected chi connectivity index (χ1v) is 11.8. The van der Waals surface area contributed by atoms with Crippen molar-refractivity contribution in [1.29, 1.82) is 0 Å². The minimum atomic E-state index is -1.71. The molecule has 30 heavy (non-hydrogen) atoms. The molecule has 0 amide bonds. The second-order valence-electron chi connectivity index (χ2n) is 6.18. The molecular weight excluding hydrogens is 654 g/mol. The average molecular weight is 668 g/mol. The van der Waals surface area contributed by atoms with E-state index >= 15 is 0 Å². The van der Waals surface area contributed by atoms with E-state index < -0.39 is 39.9 Å². The van der Waals surface area contributed by atoms with Crippen molar-refractivity contribution in [3.8, 4) is 11.5 Å². The number of halogens is 6. The first kappa shape index (κ1) is 23.7. The molecule has 0 saturated carbocycles. The molecule has 3 rings (SSSR count). The van der Waals surface area contributed by atoms with Gasteiger partial charge >= 0.3 is 5.97 Å². The van der Waals surface area contributed by atoms with Crippen LogP contribution < -0.4 is 4.74 Å². The van der Waals surface area contributed by atoms with Crippen LogP contribution in [0.15, 0.2) is 17.0 Å². The van der Waals surface area contributed by atoms with Gasteiger partial charge in [-0.05, 0) is 57.3 Å². The van der Waals surface area contributed by atoms with Crippen molar-refractivity contribution in [2.45, 2.75) is 23.8 Å². The van der Waals surface area contributed by atoms with E-state index in [0.29, 0.717) is 33.2 Å². The second kappa shape index (κ2) is 10.1. The fourth-order valence-electron chi connectivity index (χ4n) is 2.75. The van der Waals surface area contributed by atoms with E-state index in [1.807, 2.05) is 22.6 Å². The zero-order valence-electron chi connectivity index (χ0n) is 15.1. The number of esters is 1. The standard InChI is InChI=1S/C19H14F4I2O4S/c1-30-18-14(22)12(20)17(13(21)15(18)23)29-16-10(6-8(24)7-11(16)25)19(26)28-9-2-4-27-5-3-9/h6-7,9,30H,1-5H2. The fraction of sp³-hybridized carbons (Fsp3) is 0.263. The van der Waals surface area contributed by atoms with Crippen LogP contribution in [0.25, 0.3) is 0 Å². The monoisotopic (exact) mass is 668 g/mol. The molecule has 1 heterocycles. The van der Waals surface area contributed by atoms with Crippen LogP contribution in [0.4, 0.5) is 17.6 Å². The third kappa shape index (κ3) is 4.93. The first-order chi connectivity index (χ1) is 14.2. The zero-order chi connectivity index (χ0) is 22.0. The highest BCUT2D eigenvalue weighted by Gasteiger charge is 2.29. The average Bonchev–Trinajstić information content (AvgIpc) is 2.72. The summed E-state index contributed by atoms with van der Waals surface area (Å²) < 4.78 is 73.9. The highest BCUT2D eigenvalue weighted by Crippen LogP contribution is 2.39. The second-order valence-corrected chi connectivity index (χ2v) is 9.35. The molecule has 0 spiro atoms. The van der Waals surface area contributed by atoms with Gasteiger partial charge in [0.25, 0.3) is 0 Å². The Balaban J connectivity index is 2.03. The summed E-state index contributed by atoms with van der Waals surface area (Å²) in [6.45, 7) is 0.885. The van der Waals surface area contributed by atoms with E-state index in [1.165, 1.54) is 6.07 Å². The molecule has 0 radical (unpaired) electrons. The summed E-state index contributed by atoms with van der Waals surface area (Å²) in [6.07, 6.45) is 0.635. The van der Waals surface area contributed by atoms with Crippen molar-refractivity contribution in [1.82, 2.24) is 0 Å². The van der Waals surface area contributed by atoms with Crippen molar-refractivity contribution in [3.05, 3.63) is 48.1 Å². The minimum absolute atomic E-state index is 0.114. The van der Waals surface area contributed by atoms with E-state index in [0.717, 1.165) is 0 Å². The van der Waals surface area contributed by atoms with Gasteiger partial charge in [-0.1, -0.05) is 5.87 Å². The predicted molar refractivity (Wildman–Crippen MR) is 122 cm³/mol. The Morgan fingerprint density at radius 3 is 2.20 bits per heavy atom. The van der Waals surface area contributed by atoms with Crippen molar-refractivity contribution in [2.24, 2.45) is 0 Å². The van der Waals surface area contributed by atoms with Gasteiger partial charge in [-0.25, -0.2) is 13.6 Å². The molecule has 162 valence electrons. The van der Waals surface area contributed by atoms with Gasteiger partial charge in [0.15, 0.2) is 17.4 Å². The maximum Gasteiger partial charge on any atom is 0.342 e. The van der Waals surface area contributed by atoms with Crippen LogP contribution in [0.3, 0.4) is 0 Å². The van der Waals surface area contributed by atoms with E-state index in [4.69, 9.17) is 14.2 Å². The smallest absolute Gasteiger partial charge is 0.342 e. The van der Waals surface area contributed by atoms with Crippen molar-refractivity contribution >= 4 is 68.4 Å². The molecule has 0 aromatic heterocycles. The van der Waals surface area contributed by atoms with E-state index in [-0.39, 0.29) is 28.8 Å². The molecule has 2 aromatic carbocycles. The summed E-state index contributed by atoms with van der Waals surface area (Å²) in [5.41, 5.74) is -0.114. The third-order valence-corrected chi connectivity index (χ3v) is 6.37. The molecule has 0 unspecified atom stereocenters. The lowest BCUT2D eigenvalue weighted by molar-refractivity contribution is -0.0160. The van der Waals surface area contributed by atoms with Crippen LogP contribution in [0.1, 0.15) is 23.2 Å². The molecule has 2 aromatic rings. The molecule has 0 atom stereocenters. The van der Waals surface area contributed by atoms with Gasteiger partial charge in [0.1, 0.15) is 11.7 Å². The molecular formula is C19H14F4I2O4S. The van der Waals surface area contributed by atoms with Gasteiger partial charge in [0.2, 0.25) is 17.4 Å². The Bertz CT molecular complexity index is 984. The Kier molecular flexibility index (Phi) is 8.01. The lowest BCUT2D eigenvalue weighted by atomic mass is 10.1. The normalized spacial score (nSPS) is 14.6. The topological polar surface area (TPSA) is 44.8 Å². The van der Waals surface area contributed by atoms with Crippen LogP contribution in [-0.2, 0) is 9.47 Å². The molecule has 11 heteroatoms. The fourth-order valence-corrected chi connectivity index (χ4v) is 5.18. The highest BCUT2D eigenvalue weighted by atomic mass is 127. The van der Waals surface area contributed by atoms with Crippen molar-refractivity contribution < 1.29 is 36.6 Å². The number of hydrogen-bond acceptors (Lipinski definition) is 4. The number of hydrogen-bond donors (Lipinski definition) is 1. The summed E-state index contributed by atoms with van der Waals surface area (Å²) in [5, 5.41) is 0. The number of rotatable bonds is 5. The molecule has 0 aliphatic carbocycles. The van der Waals surface area contributed by atoms with Gasteiger partial charge in [-0.3, -0.25) is 0 Å². The molecule has 4 nitrogen and oxygen atoms in total. The largest absolute Gasteiger partial charge is 0.458 e. The van der Waals surface area contributed by atoms with Crippen molar-refractivity contribution in [3.63, 3.8) is 0 Å². The molecule has 0 bridgehead atoms. The minimum Gasteiger partial charge on any atom is -0.458 e. The lowest BCUT2D eigenvalue weighted by Gasteiger charge is -2.23. The van der Waals surface area contributed by atoms with Crippen LogP contribution in [0.2, 0.25) is 0 Å². The summed E-state index contributed by atoms with van der Waals surface area (Å²) >= 11 is 3.51. The maximum atomic E-state index is 14.4. The maximum absolute atomic E-state index is 14.4. The SMILES string of the molecule is C=[SH]c1c(F)c(F)c(Oc2c(I)cc(I)cc2C(=O)OC2CCOCC2)c(F)c1F. The summed E-state index contributed by atoms with van der Waals surface area (Å²) in [7, 11) is 0. The summed E-state index contributed by atoms with van der Waals surface area (Å²) in [4.78, 5) is 11.9. The van der Waals surface area contributed by atoms with Crippen LogP contribution >= 0.6 is 56.5 Å². The van der Waals surface area contributed by atoms with Crippen LogP contribution in [0, 0.1) is 30.4 Å². The Morgan fingerprint density at radius 1 is 1.03 bits per heavy atom. The zero-order valence-corrected chi connectivity index (χ0v) is 20.3. The van der Waals surface area contributed by atoms with Crippen molar-refractivity contribution in [2.75, 3.05) is 13.2 Å². The molecule has 0 N–H and O–H groups in total. The van der Waals surface area contributed by atoms with Gasteiger partial charge in [-0.15, -0.1) is 0 Å². The predicted octanol–water partition coefficient (Wildman–Crippen LogP) is 5.84. The van der Waals surface area contributed by atoms with Gasteiger partial charge in [0.05, 0.1) is 21.7 Å². The van der Waals surface area contributed by atoms with Gasteiger partial charge < -0.3 is 14.2 Å². The van der Waals surface area contributed by atoms with Crippen LogP contribution in [-0.4, -0.2) is 31.2 Å². The lowest BCUT2D eigenvalue weighted by Crippen LogP contribution is -2.26. The number of ether oxygens (including phenoxy) is 3. The third-order valence-electron chi connectivity index (χ3n) is 4.23. The van der Waals surface area contributed by atoms with E-state index in [1.54, 1.807) is 28.7 Å². The van der Waals surface area contributed by atoms with Crippen LogP contribution in [0.5, 0.6) is 11.5 Å². The Labute approximate surface area is 200 Å². The summed E-state index contributed by atoms with van der Waals surface area (Å²) in [6, 6.07) is 2.98. The van der Waals surface area contributed by atoms with Gasteiger partial charge in [0, 0.05) is 16.4 Å². The number of carbonyl (C=O) groups excluding carboxylic acids is 1. The number of carbonyl (C=O) groups is 1. The van der Waals surface area contributed by atoms with Gasteiger partial charge in [-0.2, -0.15) is 20.1 Å². The van der Waals surface area contributed by atoms with E-state index in [9.17, 15) is 22.4 Å². The highest BCUT2D eigenvalue weighted by molar-refractivity contribution is 14.1. The van der Waals surface area contributed by atoms with E-state index in [2.05, 4.69) is 5.87 Å².